The molecule has 0 aliphatic heterocycles. The highest BCUT2D eigenvalue weighted by atomic mass is 32.2. The lowest BCUT2D eigenvalue weighted by atomic mass is 10.1. The minimum Gasteiger partial charge on any atom is -0.258 e. The predicted molar refractivity (Wildman–Crippen MR) is 72.6 cm³/mol. The third kappa shape index (κ3) is 4.10. The summed E-state index contributed by atoms with van der Waals surface area (Å²) in [5, 5.41) is 10.6. The van der Waals surface area contributed by atoms with Crippen molar-refractivity contribution in [3.05, 3.63) is 39.7 Å². The van der Waals surface area contributed by atoms with E-state index < -0.39 is 10.7 Å². The van der Waals surface area contributed by atoms with E-state index in [1.807, 2.05) is 20.8 Å². The van der Waals surface area contributed by atoms with Crippen LogP contribution in [0.5, 0.6) is 0 Å². The molecule has 0 saturated carbocycles. The second-order valence-corrected chi connectivity index (χ2v) is 6.39. The van der Waals surface area contributed by atoms with Gasteiger partial charge in [0.1, 0.15) is 5.82 Å². The van der Waals surface area contributed by atoms with Gasteiger partial charge in [-0.25, -0.2) is 8.79 Å². The van der Waals surface area contributed by atoms with Gasteiger partial charge >= 0.3 is 0 Å². The molecule has 1 aromatic carbocycles. The van der Waals surface area contributed by atoms with E-state index in [1.54, 1.807) is 6.92 Å². The van der Waals surface area contributed by atoms with Gasteiger partial charge in [0.25, 0.3) is 5.69 Å². The SMILES string of the molecule is C/C(=N\SC(C)(C)C)c1cc([N+](=O)[O-])ccc1F. The predicted octanol–water partition coefficient (Wildman–Crippen LogP) is 3.99. The number of rotatable bonds is 3. The van der Waals surface area contributed by atoms with Crippen LogP contribution in [0, 0.1) is 15.9 Å². The first-order valence-corrected chi connectivity index (χ1v) is 6.15. The summed E-state index contributed by atoms with van der Waals surface area (Å²) in [6.07, 6.45) is 0. The van der Waals surface area contributed by atoms with E-state index in [9.17, 15) is 14.5 Å². The Labute approximate surface area is 110 Å². The van der Waals surface area contributed by atoms with Crippen LogP contribution in [0.3, 0.4) is 0 Å². The molecule has 4 nitrogen and oxygen atoms in total. The van der Waals surface area contributed by atoms with Crippen molar-refractivity contribution in [3.63, 3.8) is 0 Å². The Bertz CT molecular complexity index is 495. The van der Waals surface area contributed by atoms with Crippen LogP contribution in [0.15, 0.2) is 22.6 Å². The third-order valence-electron chi connectivity index (χ3n) is 2.01. The van der Waals surface area contributed by atoms with Crippen molar-refractivity contribution in [3.8, 4) is 0 Å². The normalized spacial score (nSPS) is 12.6. The summed E-state index contributed by atoms with van der Waals surface area (Å²) in [5.41, 5.74) is 0.471. The van der Waals surface area contributed by atoms with Crippen molar-refractivity contribution in [2.45, 2.75) is 32.4 Å². The highest BCUT2D eigenvalue weighted by Crippen LogP contribution is 2.26. The van der Waals surface area contributed by atoms with Crippen molar-refractivity contribution in [1.29, 1.82) is 0 Å². The molecule has 98 valence electrons. The molecule has 0 spiro atoms. The number of halogens is 1. The van der Waals surface area contributed by atoms with Gasteiger partial charge in [-0.3, -0.25) is 10.1 Å². The van der Waals surface area contributed by atoms with Crippen molar-refractivity contribution in [2.24, 2.45) is 4.40 Å². The van der Waals surface area contributed by atoms with Gasteiger partial charge < -0.3 is 0 Å². The van der Waals surface area contributed by atoms with E-state index in [2.05, 4.69) is 4.40 Å². The number of hydrogen-bond acceptors (Lipinski definition) is 4. The van der Waals surface area contributed by atoms with Gasteiger partial charge in [-0.05, 0) is 45.7 Å². The molecule has 0 aliphatic rings. The molecule has 6 heteroatoms. The van der Waals surface area contributed by atoms with Gasteiger partial charge in [0.05, 0.1) is 10.6 Å². The van der Waals surface area contributed by atoms with Crippen LogP contribution in [0.4, 0.5) is 10.1 Å². The van der Waals surface area contributed by atoms with E-state index in [0.717, 1.165) is 12.1 Å². The molecule has 0 amide bonds. The number of hydrogen-bond donors (Lipinski definition) is 0. The van der Waals surface area contributed by atoms with Gasteiger partial charge in [-0.1, -0.05) is 0 Å². The van der Waals surface area contributed by atoms with Crippen molar-refractivity contribution < 1.29 is 9.31 Å². The minimum atomic E-state index is -0.548. The molecule has 0 atom stereocenters. The minimum absolute atomic E-state index is 0.0849. The highest BCUT2D eigenvalue weighted by Gasteiger charge is 2.15. The number of benzene rings is 1. The van der Waals surface area contributed by atoms with Crippen LogP contribution >= 0.6 is 11.9 Å². The van der Waals surface area contributed by atoms with Crippen molar-refractivity contribution in [2.75, 3.05) is 0 Å². The van der Waals surface area contributed by atoms with Gasteiger partial charge in [-0.2, -0.15) is 0 Å². The highest BCUT2D eigenvalue weighted by molar-refractivity contribution is 7.99. The molecule has 0 fully saturated rings. The number of nitro benzene ring substituents is 1. The van der Waals surface area contributed by atoms with E-state index in [0.29, 0.717) is 5.71 Å². The lowest BCUT2D eigenvalue weighted by Gasteiger charge is -2.13. The quantitative estimate of drug-likeness (QED) is 0.361. The Balaban J connectivity index is 3.08. The fraction of sp³-hybridized carbons (Fsp3) is 0.417. The average Bonchev–Trinajstić information content (AvgIpc) is 2.25. The lowest BCUT2D eigenvalue weighted by Crippen LogP contribution is -2.07. The smallest absolute Gasteiger partial charge is 0.258 e. The Morgan fingerprint density at radius 2 is 2.06 bits per heavy atom. The molecule has 0 radical (unpaired) electrons. The molecule has 1 rings (SSSR count). The third-order valence-corrected chi connectivity index (χ3v) is 2.92. The standard InChI is InChI=1S/C12H15FN2O2S/c1-8(14-18-12(2,3)4)10-7-9(15(16)17)5-6-11(10)13/h5-7H,1-4H3/b14-8+. The van der Waals surface area contributed by atoms with E-state index in [4.69, 9.17) is 0 Å². The summed E-state index contributed by atoms with van der Waals surface area (Å²) in [6, 6.07) is 3.44. The summed E-state index contributed by atoms with van der Waals surface area (Å²) < 4.78 is 17.7. The zero-order chi connectivity index (χ0) is 13.9. The van der Waals surface area contributed by atoms with Crippen LogP contribution in [0.25, 0.3) is 0 Å². The van der Waals surface area contributed by atoms with Crippen LogP contribution in [0.1, 0.15) is 33.3 Å². The van der Waals surface area contributed by atoms with E-state index in [1.165, 1.54) is 18.0 Å². The topological polar surface area (TPSA) is 55.5 Å². The fourth-order valence-electron chi connectivity index (χ4n) is 1.16. The Hall–Kier alpha value is -1.43. The Morgan fingerprint density at radius 1 is 1.44 bits per heavy atom. The molecule has 18 heavy (non-hydrogen) atoms. The van der Waals surface area contributed by atoms with Crippen molar-refractivity contribution >= 4 is 23.3 Å². The fourth-order valence-corrected chi connectivity index (χ4v) is 1.67. The molecule has 0 heterocycles. The largest absolute Gasteiger partial charge is 0.270 e. The van der Waals surface area contributed by atoms with Gasteiger partial charge in [-0.15, -0.1) is 0 Å². The maximum Gasteiger partial charge on any atom is 0.270 e. The number of non-ortho nitro benzene ring substituents is 1. The molecule has 0 saturated heterocycles. The zero-order valence-corrected chi connectivity index (χ0v) is 11.5. The first-order chi connectivity index (χ1) is 8.20. The Morgan fingerprint density at radius 3 is 2.56 bits per heavy atom. The maximum absolute atomic E-state index is 13.6. The second kappa shape index (κ2) is 5.48. The summed E-state index contributed by atoms with van der Waals surface area (Å²) in [4.78, 5) is 10.1. The number of nitrogens with zero attached hydrogens (tertiary/aromatic N) is 2. The molecule has 0 bridgehead atoms. The molecular weight excluding hydrogens is 255 g/mol. The summed E-state index contributed by atoms with van der Waals surface area (Å²) in [7, 11) is 0. The summed E-state index contributed by atoms with van der Waals surface area (Å²) in [6.45, 7) is 7.59. The zero-order valence-electron chi connectivity index (χ0n) is 10.7. The van der Waals surface area contributed by atoms with Gasteiger partial charge in [0.15, 0.2) is 0 Å². The van der Waals surface area contributed by atoms with Crippen LogP contribution < -0.4 is 0 Å². The molecule has 0 N–H and O–H groups in total. The Kier molecular flexibility index (Phi) is 4.45. The molecule has 1 aromatic rings. The van der Waals surface area contributed by atoms with E-state index in [-0.39, 0.29) is 16.0 Å². The average molecular weight is 270 g/mol. The first kappa shape index (κ1) is 14.6. The lowest BCUT2D eigenvalue weighted by molar-refractivity contribution is -0.384. The molecular formula is C12H15FN2O2S. The monoisotopic (exact) mass is 270 g/mol. The second-order valence-electron chi connectivity index (χ2n) is 4.80. The maximum atomic E-state index is 13.6. The van der Waals surface area contributed by atoms with Crippen LogP contribution in [-0.2, 0) is 0 Å². The number of nitro groups is 1. The van der Waals surface area contributed by atoms with Crippen LogP contribution in [-0.4, -0.2) is 15.4 Å². The van der Waals surface area contributed by atoms with Gasteiger partial charge in [0, 0.05) is 22.4 Å². The first-order valence-electron chi connectivity index (χ1n) is 5.38. The summed E-state index contributed by atoms with van der Waals surface area (Å²) >= 11 is 1.31. The van der Waals surface area contributed by atoms with Gasteiger partial charge in [0.2, 0.25) is 0 Å². The van der Waals surface area contributed by atoms with Crippen LogP contribution in [0.2, 0.25) is 0 Å². The summed E-state index contributed by atoms with van der Waals surface area (Å²) in [5.74, 6) is -0.503. The molecule has 0 aliphatic carbocycles. The van der Waals surface area contributed by atoms with Crippen molar-refractivity contribution in [1.82, 2.24) is 0 Å². The van der Waals surface area contributed by atoms with E-state index >= 15 is 0 Å². The molecule has 0 unspecified atom stereocenters. The molecule has 0 aromatic heterocycles.